The van der Waals surface area contributed by atoms with Crippen LogP contribution in [0.3, 0.4) is 0 Å². The van der Waals surface area contributed by atoms with Gasteiger partial charge in [0.05, 0.1) is 18.1 Å². The van der Waals surface area contributed by atoms with Gasteiger partial charge in [-0.3, -0.25) is 9.78 Å². The van der Waals surface area contributed by atoms with Gasteiger partial charge in [0.25, 0.3) is 0 Å². The van der Waals surface area contributed by atoms with Crippen molar-refractivity contribution in [2.24, 2.45) is 5.92 Å². The highest BCUT2D eigenvalue weighted by Crippen LogP contribution is 2.39. The third-order valence-corrected chi connectivity index (χ3v) is 4.42. The zero-order valence-corrected chi connectivity index (χ0v) is 12.6. The molecule has 3 rings (SSSR count). The lowest BCUT2D eigenvalue weighted by Crippen LogP contribution is -2.41. The summed E-state index contributed by atoms with van der Waals surface area (Å²) in [5.41, 5.74) is 2.62. The van der Waals surface area contributed by atoms with Crippen LogP contribution in [-0.2, 0) is 5.41 Å². The van der Waals surface area contributed by atoms with Crippen molar-refractivity contribution in [3.05, 3.63) is 59.4 Å². The number of aryl methyl sites for hydroxylation is 1. The number of benzene rings is 1. The van der Waals surface area contributed by atoms with Gasteiger partial charge in [0.2, 0.25) is 0 Å². The van der Waals surface area contributed by atoms with Gasteiger partial charge in [0.1, 0.15) is 5.75 Å². The lowest BCUT2D eigenvalue weighted by molar-refractivity contribution is 0.0737. The van der Waals surface area contributed by atoms with Gasteiger partial charge in [-0.2, -0.15) is 0 Å². The Morgan fingerprint density at radius 2 is 1.90 bits per heavy atom. The molecule has 1 aromatic heterocycles. The van der Waals surface area contributed by atoms with Crippen LogP contribution in [0.15, 0.2) is 42.7 Å². The van der Waals surface area contributed by atoms with Crippen molar-refractivity contribution in [3.8, 4) is 5.75 Å². The Morgan fingerprint density at radius 3 is 2.62 bits per heavy atom. The van der Waals surface area contributed by atoms with Crippen molar-refractivity contribution in [1.82, 2.24) is 4.98 Å². The van der Waals surface area contributed by atoms with Crippen molar-refractivity contribution in [3.63, 3.8) is 0 Å². The molecule has 0 N–H and O–H groups in total. The quantitative estimate of drug-likeness (QED) is 0.845. The van der Waals surface area contributed by atoms with Crippen LogP contribution in [0.4, 0.5) is 0 Å². The number of carbonyl (C=O) groups excluding carboxylic acids is 1. The molecule has 0 bridgehead atoms. The Balaban J connectivity index is 1.98. The highest BCUT2D eigenvalue weighted by atomic mass is 16.5. The molecule has 0 radical (unpaired) electrons. The molecule has 1 aliphatic heterocycles. The first-order valence-corrected chi connectivity index (χ1v) is 7.18. The summed E-state index contributed by atoms with van der Waals surface area (Å²) in [6.45, 7) is 6.60. The first kappa shape index (κ1) is 13.8. The molecule has 21 heavy (non-hydrogen) atoms. The van der Waals surface area contributed by atoms with E-state index in [-0.39, 0.29) is 17.1 Å². The van der Waals surface area contributed by atoms with Crippen molar-refractivity contribution >= 4 is 5.78 Å². The molecule has 0 amide bonds. The van der Waals surface area contributed by atoms with Crippen molar-refractivity contribution < 1.29 is 9.53 Å². The van der Waals surface area contributed by atoms with Crippen molar-refractivity contribution in [1.29, 1.82) is 0 Å². The van der Waals surface area contributed by atoms with Gasteiger partial charge < -0.3 is 4.74 Å². The van der Waals surface area contributed by atoms with E-state index in [0.717, 1.165) is 11.1 Å². The maximum atomic E-state index is 12.9. The predicted octanol–water partition coefficient (Wildman–Crippen LogP) is 3.56. The SMILES string of the molecule is Cc1ccc2c(c1)OCC(C(C)(C)c1ccncc1)C2=O. The lowest BCUT2D eigenvalue weighted by Gasteiger charge is -2.36. The van der Waals surface area contributed by atoms with Crippen LogP contribution in [-0.4, -0.2) is 17.4 Å². The summed E-state index contributed by atoms with van der Waals surface area (Å²) in [5, 5.41) is 0. The highest BCUT2D eigenvalue weighted by molar-refractivity contribution is 6.02. The van der Waals surface area contributed by atoms with Gasteiger partial charge in [-0.05, 0) is 42.3 Å². The van der Waals surface area contributed by atoms with Gasteiger partial charge in [-0.1, -0.05) is 19.9 Å². The summed E-state index contributed by atoms with van der Waals surface area (Å²) >= 11 is 0. The first-order valence-electron chi connectivity index (χ1n) is 7.18. The van der Waals surface area contributed by atoms with Crippen LogP contribution in [0.1, 0.15) is 35.3 Å². The number of rotatable bonds is 2. The number of pyridine rings is 1. The standard InChI is InChI=1S/C18H19NO2/c1-12-4-5-14-16(10-12)21-11-15(17(14)20)18(2,3)13-6-8-19-9-7-13/h4-10,15H,11H2,1-3H3. The van der Waals surface area contributed by atoms with Gasteiger partial charge in [0.15, 0.2) is 5.78 Å². The summed E-state index contributed by atoms with van der Waals surface area (Å²) in [6.07, 6.45) is 3.53. The minimum atomic E-state index is -0.289. The fourth-order valence-electron chi connectivity index (χ4n) is 2.91. The zero-order chi connectivity index (χ0) is 15.0. The Kier molecular flexibility index (Phi) is 3.28. The van der Waals surface area contributed by atoms with E-state index in [2.05, 4.69) is 18.8 Å². The van der Waals surface area contributed by atoms with Gasteiger partial charge in [-0.25, -0.2) is 0 Å². The Morgan fingerprint density at radius 1 is 1.19 bits per heavy atom. The van der Waals surface area contributed by atoms with E-state index < -0.39 is 0 Å². The summed E-state index contributed by atoms with van der Waals surface area (Å²) in [6, 6.07) is 9.71. The molecule has 0 saturated heterocycles. The molecule has 0 spiro atoms. The molecule has 3 heteroatoms. The van der Waals surface area contributed by atoms with Crippen LogP contribution in [0.5, 0.6) is 5.75 Å². The van der Waals surface area contributed by atoms with Gasteiger partial charge >= 0.3 is 0 Å². The normalized spacial score (nSPS) is 18.0. The van der Waals surface area contributed by atoms with E-state index in [0.29, 0.717) is 17.9 Å². The molecule has 0 saturated carbocycles. The number of carbonyl (C=O) groups is 1. The Bertz CT molecular complexity index is 677. The van der Waals surface area contributed by atoms with E-state index in [1.165, 1.54) is 0 Å². The molecule has 0 fully saturated rings. The molecule has 1 aromatic carbocycles. The minimum Gasteiger partial charge on any atom is -0.492 e. The molecular formula is C18H19NO2. The third-order valence-electron chi connectivity index (χ3n) is 4.42. The number of hydrogen-bond donors (Lipinski definition) is 0. The topological polar surface area (TPSA) is 39.2 Å². The third kappa shape index (κ3) is 2.33. The summed E-state index contributed by atoms with van der Waals surface area (Å²) in [4.78, 5) is 16.9. The largest absolute Gasteiger partial charge is 0.492 e. The lowest BCUT2D eigenvalue weighted by atomic mass is 9.70. The predicted molar refractivity (Wildman–Crippen MR) is 81.8 cm³/mol. The number of hydrogen-bond acceptors (Lipinski definition) is 3. The van der Waals surface area contributed by atoms with E-state index in [1.54, 1.807) is 12.4 Å². The Labute approximate surface area is 125 Å². The maximum Gasteiger partial charge on any atom is 0.173 e. The van der Waals surface area contributed by atoms with Crippen LogP contribution in [0.25, 0.3) is 0 Å². The maximum absolute atomic E-state index is 12.9. The number of nitrogens with zero attached hydrogens (tertiary/aromatic N) is 1. The number of ether oxygens (including phenoxy) is 1. The monoisotopic (exact) mass is 281 g/mol. The molecule has 2 aromatic rings. The molecule has 1 aliphatic rings. The van der Waals surface area contributed by atoms with E-state index >= 15 is 0 Å². The molecule has 0 aliphatic carbocycles. The molecule has 1 atom stereocenters. The molecule has 3 nitrogen and oxygen atoms in total. The number of ketones is 1. The fourth-order valence-corrected chi connectivity index (χ4v) is 2.91. The second-order valence-electron chi connectivity index (χ2n) is 6.19. The van der Waals surface area contributed by atoms with Crippen molar-refractivity contribution in [2.75, 3.05) is 6.61 Å². The van der Waals surface area contributed by atoms with Crippen molar-refractivity contribution in [2.45, 2.75) is 26.2 Å². The number of aromatic nitrogens is 1. The molecule has 108 valence electrons. The average molecular weight is 281 g/mol. The molecule has 1 unspecified atom stereocenters. The first-order chi connectivity index (χ1) is 10.00. The van der Waals surface area contributed by atoms with Crippen LogP contribution in [0.2, 0.25) is 0 Å². The summed E-state index contributed by atoms with van der Waals surface area (Å²) in [7, 11) is 0. The van der Waals surface area contributed by atoms with Gasteiger partial charge in [0, 0.05) is 17.8 Å². The average Bonchev–Trinajstić information content (AvgIpc) is 2.48. The number of fused-ring (bicyclic) bond motifs is 1. The molecule has 2 heterocycles. The van der Waals surface area contributed by atoms with Crippen LogP contribution < -0.4 is 4.74 Å². The van der Waals surface area contributed by atoms with Crippen LogP contribution >= 0.6 is 0 Å². The van der Waals surface area contributed by atoms with E-state index in [4.69, 9.17) is 4.74 Å². The minimum absolute atomic E-state index is 0.165. The second-order valence-corrected chi connectivity index (χ2v) is 6.19. The summed E-state index contributed by atoms with van der Waals surface area (Å²) < 4.78 is 5.86. The second kappa shape index (κ2) is 4.99. The van der Waals surface area contributed by atoms with E-state index in [1.807, 2.05) is 37.3 Å². The van der Waals surface area contributed by atoms with Gasteiger partial charge in [-0.15, -0.1) is 0 Å². The highest BCUT2D eigenvalue weighted by Gasteiger charge is 2.41. The number of Topliss-reactive ketones (excluding diaryl/α,β-unsaturated/α-hetero) is 1. The smallest absolute Gasteiger partial charge is 0.173 e. The summed E-state index contributed by atoms with van der Waals surface area (Å²) in [5.74, 6) is 0.690. The Hall–Kier alpha value is -2.16. The van der Waals surface area contributed by atoms with E-state index in [9.17, 15) is 4.79 Å². The zero-order valence-electron chi connectivity index (χ0n) is 12.6. The van der Waals surface area contributed by atoms with Crippen LogP contribution in [0, 0.1) is 12.8 Å². The fraction of sp³-hybridized carbons (Fsp3) is 0.333. The molecular weight excluding hydrogens is 262 g/mol.